The second-order valence-electron chi connectivity index (χ2n) is 4.66. The number of hydrogen-bond acceptors (Lipinski definition) is 2. The van der Waals surface area contributed by atoms with Gasteiger partial charge in [-0.25, -0.2) is 4.98 Å². The van der Waals surface area contributed by atoms with E-state index in [1.807, 2.05) is 18.3 Å². The second kappa shape index (κ2) is 5.24. The van der Waals surface area contributed by atoms with Gasteiger partial charge in [-0.05, 0) is 29.7 Å². The largest absolute Gasteiger partial charge is 0.332 e. The summed E-state index contributed by atoms with van der Waals surface area (Å²) in [7, 11) is 0. The normalized spacial score (nSPS) is 11.0. The number of pyridine rings is 1. The Morgan fingerprint density at radius 2 is 1.89 bits per heavy atom. The minimum absolute atomic E-state index is 0.556. The molecule has 3 aromatic rings. The lowest BCUT2D eigenvalue weighted by molar-refractivity contribution is 0.713. The van der Waals surface area contributed by atoms with Gasteiger partial charge in [0.15, 0.2) is 0 Å². The number of fused-ring (bicyclic) bond motifs is 1. The van der Waals surface area contributed by atoms with Crippen molar-refractivity contribution in [2.45, 2.75) is 19.5 Å². The van der Waals surface area contributed by atoms with Gasteiger partial charge in [-0.2, -0.15) is 0 Å². The Hall–Kier alpha value is -2.13. The zero-order valence-corrected chi connectivity index (χ0v) is 10.8. The molecule has 0 saturated heterocycles. The lowest BCUT2D eigenvalue weighted by Crippen LogP contribution is -2.01. The highest BCUT2D eigenvalue weighted by atomic mass is 15.0. The fourth-order valence-corrected chi connectivity index (χ4v) is 2.42. The van der Waals surface area contributed by atoms with E-state index in [4.69, 9.17) is 5.73 Å². The fraction of sp³-hybridized carbons (Fsp3) is 0.188. The number of rotatable bonds is 4. The number of nitrogens with two attached hydrogens (primary N) is 1. The lowest BCUT2D eigenvalue weighted by Gasteiger charge is -2.04. The molecule has 0 fully saturated rings. The van der Waals surface area contributed by atoms with Gasteiger partial charge >= 0.3 is 0 Å². The first-order valence-corrected chi connectivity index (χ1v) is 6.55. The SMILES string of the molecule is NCc1cn(CCc2ccccc2)c2ncccc12. The van der Waals surface area contributed by atoms with Crippen LogP contribution in [0.1, 0.15) is 11.1 Å². The van der Waals surface area contributed by atoms with E-state index in [1.54, 1.807) is 0 Å². The predicted octanol–water partition coefficient (Wildman–Crippen LogP) is 2.74. The summed E-state index contributed by atoms with van der Waals surface area (Å²) < 4.78 is 2.20. The van der Waals surface area contributed by atoms with Crippen molar-refractivity contribution in [2.75, 3.05) is 0 Å². The molecule has 1 aromatic carbocycles. The zero-order valence-electron chi connectivity index (χ0n) is 10.8. The molecule has 3 heteroatoms. The van der Waals surface area contributed by atoms with Crippen LogP contribution in [0.25, 0.3) is 11.0 Å². The third kappa shape index (κ3) is 2.37. The van der Waals surface area contributed by atoms with E-state index in [0.717, 1.165) is 29.6 Å². The van der Waals surface area contributed by atoms with Crippen LogP contribution in [0.3, 0.4) is 0 Å². The molecule has 2 N–H and O–H groups in total. The van der Waals surface area contributed by atoms with Gasteiger partial charge in [0.2, 0.25) is 0 Å². The predicted molar refractivity (Wildman–Crippen MR) is 77.8 cm³/mol. The quantitative estimate of drug-likeness (QED) is 0.775. The summed E-state index contributed by atoms with van der Waals surface area (Å²) in [5.41, 5.74) is 9.33. The molecule has 96 valence electrons. The third-order valence-corrected chi connectivity index (χ3v) is 3.42. The first kappa shape index (κ1) is 11.9. The molecule has 19 heavy (non-hydrogen) atoms. The van der Waals surface area contributed by atoms with Crippen LogP contribution in [0.4, 0.5) is 0 Å². The summed E-state index contributed by atoms with van der Waals surface area (Å²) in [6.07, 6.45) is 4.97. The maximum atomic E-state index is 5.80. The van der Waals surface area contributed by atoms with Gasteiger partial charge < -0.3 is 10.3 Å². The molecule has 0 aliphatic carbocycles. The lowest BCUT2D eigenvalue weighted by atomic mass is 10.1. The van der Waals surface area contributed by atoms with E-state index >= 15 is 0 Å². The number of benzene rings is 1. The zero-order chi connectivity index (χ0) is 13.1. The van der Waals surface area contributed by atoms with Crippen LogP contribution in [-0.4, -0.2) is 9.55 Å². The highest BCUT2D eigenvalue weighted by Gasteiger charge is 2.07. The maximum absolute atomic E-state index is 5.80. The van der Waals surface area contributed by atoms with Gasteiger partial charge in [-0.15, -0.1) is 0 Å². The Labute approximate surface area is 112 Å². The third-order valence-electron chi connectivity index (χ3n) is 3.42. The molecule has 0 amide bonds. The molecule has 0 unspecified atom stereocenters. The Balaban J connectivity index is 1.89. The van der Waals surface area contributed by atoms with Gasteiger partial charge in [-0.1, -0.05) is 30.3 Å². The second-order valence-corrected chi connectivity index (χ2v) is 4.66. The van der Waals surface area contributed by atoms with Crippen molar-refractivity contribution < 1.29 is 0 Å². The standard InChI is InChI=1S/C16H17N3/c17-11-14-12-19(16-15(14)7-4-9-18-16)10-8-13-5-2-1-3-6-13/h1-7,9,12H,8,10-11,17H2. The molecule has 0 aliphatic heterocycles. The van der Waals surface area contributed by atoms with Gasteiger partial charge in [0.1, 0.15) is 5.65 Å². The van der Waals surface area contributed by atoms with Crippen LogP contribution in [0.5, 0.6) is 0 Å². The number of nitrogens with zero attached hydrogens (tertiary/aromatic N) is 2. The minimum atomic E-state index is 0.556. The number of hydrogen-bond donors (Lipinski definition) is 1. The Morgan fingerprint density at radius 3 is 2.68 bits per heavy atom. The van der Waals surface area contributed by atoms with Gasteiger partial charge in [0.25, 0.3) is 0 Å². The molecule has 3 nitrogen and oxygen atoms in total. The summed E-state index contributed by atoms with van der Waals surface area (Å²) in [4.78, 5) is 4.47. The topological polar surface area (TPSA) is 43.8 Å². The molecule has 2 aromatic heterocycles. The van der Waals surface area contributed by atoms with E-state index in [2.05, 4.69) is 46.1 Å². The van der Waals surface area contributed by atoms with E-state index in [-0.39, 0.29) is 0 Å². The van der Waals surface area contributed by atoms with Crippen molar-refractivity contribution >= 4 is 11.0 Å². The first-order valence-electron chi connectivity index (χ1n) is 6.55. The van der Waals surface area contributed by atoms with Gasteiger partial charge in [0.05, 0.1) is 0 Å². The fourth-order valence-electron chi connectivity index (χ4n) is 2.42. The van der Waals surface area contributed by atoms with Crippen LogP contribution < -0.4 is 5.73 Å². The summed E-state index contributed by atoms with van der Waals surface area (Å²) in [5.74, 6) is 0. The van der Waals surface area contributed by atoms with E-state index in [1.165, 1.54) is 5.56 Å². The van der Waals surface area contributed by atoms with Crippen molar-refractivity contribution in [2.24, 2.45) is 5.73 Å². The summed E-state index contributed by atoms with van der Waals surface area (Å²) in [5, 5.41) is 1.16. The molecule has 0 saturated carbocycles. The van der Waals surface area contributed by atoms with Crippen molar-refractivity contribution in [3.63, 3.8) is 0 Å². The minimum Gasteiger partial charge on any atom is -0.332 e. The molecule has 2 heterocycles. The Bertz CT molecular complexity index is 671. The van der Waals surface area contributed by atoms with Crippen LogP contribution in [-0.2, 0) is 19.5 Å². The number of aryl methyl sites for hydroxylation is 2. The highest BCUT2D eigenvalue weighted by Crippen LogP contribution is 2.19. The van der Waals surface area contributed by atoms with E-state index in [9.17, 15) is 0 Å². The van der Waals surface area contributed by atoms with Crippen molar-refractivity contribution in [1.29, 1.82) is 0 Å². The molecule has 0 aliphatic rings. The molecule has 3 rings (SSSR count). The van der Waals surface area contributed by atoms with Crippen molar-refractivity contribution in [3.8, 4) is 0 Å². The monoisotopic (exact) mass is 251 g/mol. The van der Waals surface area contributed by atoms with E-state index in [0.29, 0.717) is 6.54 Å². The maximum Gasteiger partial charge on any atom is 0.140 e. The van der Waals surface area contributed by atoms with Crippen LogP contribution in [0.15, 0.2) is 54.9 Å². The van der Waals surface area contributed by atoms with Crippen LogP contribution >= 0.6 is 0 Å². The average molecular weight is 251 g/mol. The summed E-state index contributed by atoms with van der Waals surface area (Å²) in [6, 6.07) is 14.6. The van der Waals surface area contributed by atoms with E-state index < -0.39 is 0 Å². The first-order chi connectivity index (χ1) is 9.38. The molecule has 0 bridgehead atoms. The molecule has 0 spiro atoms. The molecular formula is C16H17N3. The summed E-state index contributed by atoms with van der Waals surface area (Å²) >= 11 is 0. The van der Waals surface area contributed by atoms with Crippen LogP contribution in [0, 0.1) is 0 Å². The summed E-state index contributed by atoms with van der Waals surface area (Å²) in [6.45, 7) is 1.48. The van der Waals surface area contributed by atoms with Gasteiger partial charge in [-0.3, -0.25) is 0 Å². The van der Waals surface area contributed by atoms with Gasteiger partial charge in [0, 0.05) is 30.9 Å². The van der Waals surface area contributed by atoms with Crippen LogP contribution in [0.2, 0.25) is 0 Å². The van der Waals surface area contributed by atoms with Crippen molar-refractivity contribution in [1.82, 2.24) is 9.55 Å². The number of aromatic nitrogens is 2. The molecule has 0 atom stereocenters. The Morgan fingerprint density at radius 1 is 1.05 bits per heavy atom. The smallest absolute Gasteiger partial charge is 0.140 e. The highest BCUT2D eigenvalue weighted by molar-refractivity contribution is 5.80. The van der Waals surface area contributed by atoms with Crippen molar-refractivity contribution in [3.05, 3.63) is 66.0 Å². The molecule has 0 radical (unpaired) electrons. The Kier molecular flexibility index (Phi) is 3.29. The average Bonchev–Trinajstić information content (AvgIpc) is 2.84. The molecular weight excluding hydrogens is 234 g/mol.